The number of anilines is 1. The van der Waals surface area contributed by atoms with Crippen molar-refractivity contribution in [3.63, 3.8) is 0 Å². The molecule has 1 heterocycles. The van der Waals surface area contributed by atoms with E-state index in [0.29, 0.717) is 51.3 Å². The Morgan fingerprint density at radius 3 is 2.11 bits per heavy atom. The highest BCUT2D eigenvalue weighted by molar-refractivity contribution is 7.89. The van der Waals surface area contributed by atoms with Gasteiger partial charge in [-0.2, -0.15) is 0 Å². The van der Waals surface area contributed by atoms with E-state index in [9.17, 15) is 13.2 Å². The molecule has 8 heteroatoms. The van der Waals surface area contributed by atoms with E-state index in [2.05, 4.69) is 4.90 Å². The first kappa shape index (κ1) is 25.7. The normalized spacial score (nSPS) is 14.2. The van der Waals surface area contributed by atoms with Gasteiger partial charge < -0.3 is 14.5 Å². The SMILES string of the molecule is COc1ccc(S(=O)(=O)N(C)CCc2ccccc2)cc1N1CCN(C(=O)Cc2ccccc2)CC1. The van der Waals surface area contributed by atoms with Crippen LogP contribution in [0.1, 0.15) is 11.1 Å². The van der Waals surface area contributed by atoms with Gasteiger partial charge in [0.05, 0.1) is 24.1 Å². The third kappa shape index (κ3) is 6.06. The molecule has 0 unspecified atom stereocenters. The number of hydrogen-bond donors (Lipinski definition) is 0. The second-order valence-corrected chi connectivity index (χ2v) is 11.0. The highest BCUT2D eigenvalue weighted by atomic mass is 32.2. The summed E-state index contributed by atoms with van der Waals surface area (Å²) in [6.07, 6.45) is 1.02. The summed E-state index contributed by atoms with van der Waals surface area (Å²) in [5.41, 5.74) is 2.82. The maximum atomic E-state index is 13.3. The second kappa shape index (κ2) is 11.6. The molecule has 1 fully saturated rings. The van der Waals surface area contributed by atoms with E-state index in [1.165, 1.54) is 4.31 Å². The zero-order valence-electron chi connectivity index (χ0n) is 20.8. The molecule has 1 aliphatic rings. The van der Waals surface area contributed by atoms with Crippen molar-refractivity contribution in [1.82, 2.24) is 9.21 Å². The number of sulfonamides is 1. The zero-order valence-corrected chi connectivity index (χ0v) is 21.7. The van der Waals surface area contributed by atoms with E-state index in [-0.39, 0.29) is 10.8 Å². The van der Waals surface area contributed by atoms with Gasteiger partial charge in [0.2, 0.25) is 15.9 Å². The van der Waals surface area contributed by atoms with Gasteiger partial charge in [-0.25, -0.2) is 12.7 Å². The summed E-state index contributed by atoms with van der Waals surface area (Å²) in [5, 5.41) is 0. The minimum Gasteiger partial charge on any atom is -0.495 e. The van der Waals surface area contributed by atoms with Gasteiger partial charge in [-0.05, 0) is 35.7 Å². The largest absolute Gasteiger partial charge is 0.495 e. The number of piperazine rings is 1. The Kier molecular flexibility index (Phi) is 8.28. The lowest BCUT2D eigenvalue weighted by atomic mass is 10.1. The Labute approximate surface area is 214 Å². The van der Waals surface area contributed by atoms with Gasteiger partial charge in [0, 0.05) is 39.8 Å². The molecule has 0 N–H and O–H groups in total. The van der Waals surface area contributed by atoms with Crippen LogP contribution in [0.4, 0.5) is 5.69 Å². The standard InChI is InChI=1S/C28H33N3O4S/c1-29(16-15-23-9-5-3-6-10-23)36(33,34)25-13-14-27(35-2)26(22-25)30-17-19-31(20-18-30)28(32)21-24-11-7-4-8-12-24/h3-14,22H,15-21H2,1-2H3. The molecule has 3 aromatic rings. The maximum Gasteiger partial charge on any atom is 0.242 e. The summed E-state index contributed by atoms with van der Waals surface area (Å²) in [5.74, 6) is 0.717. The number of methoxy groups -OCH3 is 1. The summed E-state index contributed by atoms with van der Waals surface area (Å²) < 4.78 is 33.6. The third-order valence-electron chi connectivity index (χ3n) is 6.59. The fourth-order valence-corrected chi connectivity index (χ4v) is 5.58. The Morgan fingerprint density at radius 1 is 0.889 bits per heavy atom. The van der Waals surface area contributed by atoms with Gasteiger partial charge in [0.1, 0.15) is 5.75 Å². The van der Waals surface area contributed by atoms with Crippen LogP contribution in [0.15, 0.2) is 83.8 Å². The minimum absolute atomic E-state index is 0.101. The lowest BCUT2D eigenvalue weighted by Crippen LogP contribution is -2.49. The molecule has 3 aromatic carbocycles. The van der Waals surface area contributed by atoms with Crippen molar-refractivity contribution < 1.29 is 17.9 Å². The molecule has 36 heavy (non-hydrogen) atoms. The van der Waals surface area contributed by atoms with Crippen LogP contribution < -0.4 is 9.64 Å². The second-order valence-electron chi connectivity index (χ2n) is 8.93. The predicted molar refractivity (Wildman–Crippen MR) is 142 cm³/mol. The Bertz CT molecular complexity index is 1260. The number of ether oxygens (including phenoxy) is 1. The van der Waals surface area contributed by atoms with E-state index in [0.717, 1.165) is 16.8 Å². The molecule has 4 rings (SSSR count). The molecule has 0 spiro atoms. The summed E-state index contributed by atoms with van der Waals surface area (Å²) >= 11 is 0. The van der Waals surface area contributed by atoms with Crippen LogP contribution in [0.2, 0.25) is 0 Å². The van der Waals surface area contributed by atoms with Gasteiger partial charge in [-0.1, -0.05) is 60.7 Å². The Hall–Kier alpha value is -3.36. The number of carbonyl (C=O) groups is 1. The Balaban J connectivity index is 1.43. The lowest BCUT2D eigenvalue weighted by Gasteiger charge is -2.37. The number of nitrogens with zero attached hydrogens (tertiary/aromatic N) is 3. The number of amides is 1. The van der Waals surface area contributed by atoms with E-state index < -0.39 is 10.0 Å². The van der Waals surface area contributed by atoms with Crippen LogP contribution in [0.3, 0.4) is 0 Å². The summed E-state index contributed by atoms with van der Waals surface area (Å²) in [4.78, 5) is 16.9. The molecule has 0 bridgehead atoms. The van der Waals surface area contributed by atoms with E-state index in [1.807, 2.05) is 65.6 Å². The van der Waals surface area contributed by atoms with Crippen molar-refractivity contribution in [3.8, 4) is 5.75 Å². The quantitative estimate of drug-likeness (QED) is 0.444. The molecule has 0 atom stereocenters. The van der Waals surface area contributed by atoms with Gasteiger partial charge in [-0.15, -0.1) is 0 Å². The van der Waals surface area contributed by atoms with Crippen molar-refractivity contribution in [2.24, 2.45) is 0 Å². The topological polar surface area (TPSA) is 70.2 Å². The summed E-state index contributed by atoms with van der Waals surface area (Å²) in [6, 6.07) is 24.6. The zero-order chi connectivity index (χ0) is 25.5. The van der Waals surface area contributed by atoms with Crippen LogP contribution in [0, 0.1) is 0 Å². The molecule has 0 saturated carbocycles. The first-order chi connectivity index (χ1) is 17.4. The van der Waals surface area contributed by atoms with Gasteiger partial charge in [-0.3, -0.25) is 4.79 Å². The highest BCUT2D eigenvalue weighted by Gasteiger charge is 2.26. The molecule has 0 aliphatic carbocycles. The average Bonchev–Trinajstić information content (AvgIpc) is 2.92. The molecule has 1 amide bonds. The molecular weight excluding hydrogens is 474 g/mol. The van der Waals surface area contributed by atoms with Crippen molar-refractivity contribution >= 4 is 21.6 Å². The molecule has 190 valence electrons. The van der Waals surface area contributed by atoms with Crippen LogP contribution in [0.5, 0.6) is 5.75 Å². The highest BCUT2D eigenvalue weighted by Crippen LogP contribution is 2.32. The van der Waals surface area contributed by atoms with Gasteiger partial charge in [0.15, 0.2) is 0 Å². The smallest absolute Gasteiger partial charge is 0.242 e. The lowest BCUT2D eigenvalue weighted by molar-refractivity contribution is -0.130. The molecule has 0 aromatic heterocycles. The van der Waals surface area contributed by atoms with Crippen LogP contribution in [-0.4, -0.2) is 70.4 Å². The third-order valence-corrected chi connectivity index (χ3v) is 8.44. The number of carbonyl (C=O) groups excluding carboxylic acids is 1. The van der Waals surface area contributed by atoms with Crippen LogP contribution in [0.25, 0.3) is 0 Å². The van der Waals surface area contributed by atoms with Crippen molar-refractivity contribution in [1.29, 1.82) is 0 Å². The molecule has 0 radical (unpaired) electrons. The monoisotopic (exact) mass is 507 g/mol. The number of likely N-dealkylation sites (N-methyl/N-ethyl adjacent to an activating group) is 1. The van der Waals surface area contributed by atoms with Crippen molar-refractivity contribution in [3.05, 3.63) is 90.0 Å². The maximum absolute atomic E-state index is 13.3. The molecule has 1 saturated heterocycles. The van der Waals surface area contributed by atoms with Crippen molar-refractivity contribution in [2.45, 2.75) is 17.7 Å². The van der Waals surface area contributed by atoms with E-state index >= 15 is 0 Å². The first-order valence-electron chi connectivity index (χ1n) is 12.1. The number of benzene rings is 3. The fourth-order valence-electron chi connectivity index (χ4n) is 4.39. The van der Waals surface area contributed by atoms with Crippen LogP contribution in [-0.2, 0) is 27.7 Å². The van der Waals surface area contributed by atoms with E-state index in [1.54, 1.807) is 32.4 Å². The minimum atomic E-state index is -3.67. The average molecular weight is 508 g/mol. The summed E-state index contributed by atoms with van der Waals surface area (Å²) in [7, 11) is -0.475. The molecule has 7 nitrogen and oxygen atoms in total. The number of hydrogen-bond acceptors (Lipinski definition) is 5. The molecular formula is C28H33N3O4S. The number of rotatable bonds is 9. The van der Waals surface area contributed by atoms with Gasteiger partial charge in [0.25, 0.3) is 0 Å². The molecule has 1 aliphatic heterocycles. The first-order valence-corrected chi connectivity index (χ1v) is 13.6. The van der Waals surface area contributed by atoms with Gasteiger partial charge >= 0.3 is 0 Å². The Morgan fingerprint density at radius 2 is 1.50 bits per heavy atom. The van der Waals surface area contributed by atoms with Crippen molar-refractivity contribution in [2.75, 3.05) is 51.8 Å². The summed E-state index contributed by atoms with van der Waals surface area (Å²) in [6.45, 7) is 2.73. The van der Waals surface area contributed by atoms with E-state index in [4.69, 9.17) is 4.74 Å². The van der Waals surface area contributed by atoms with Crippen LogP contribution >= 0.6 is 0 Å². The predicted octanol–water partition coefficient (Wildman–Crippen LogP) is 3.45. The fraction of sp³-hybridized carbons (Fsp3) is 0.321.